The SMILES string of the molecule is CC(C)CCN(c1nccc(/C(N)=N/O)n1)C1CC1. The summed E-state index contributed by atoms with van der Waals surface area (Å²) in [6.07, 6.45) is 5.14. The van der Waals surface area contributed by atoms with Crippen LogP contribution in [0.4, 0.5) is 5.95 Å². The van der Waals surface area contributed by atoms with Crippen LogP contribution in [0.3, 0.4) is 0 Å². The smallest absolute Gasteiger partial charge is 0.226 e. The van der Waals surface area contributed by atoms with Crippen LogP contribution < -0.4 is 10.6 Å². The van der Waals surface area contributed by atoms with E-state index in [4.69, 9.17) is 10.9 Å². The van der Waals surface area contributed by atoms with E-state index in [1.54, 1.807) is 12.3 Å². The molecule has 0 amide bonds. The van der Waals surface area contributed by atoms with Gasteiger partial charge in [-0.15, -0.1) is 0 Å². The number of hydrogen-bond acceptors (Lipinski definition) is 5. The van der Waals surface area contributed by atoms with Crippen LogP contribution in [0.2, 0.25) is 0 Å². The number of hydrogen-bond donors (Lipinski definition) is 2. The average molecular weight is 263 g/mol. The van der Waals surface area contributed by atoms with Gasteiger partial charge in [0.15, 0.2) is 5.84 Å². The van der Waals surface area contributed by atoms with Crippen molar-refractivity contribution in [2.75, 3.05) is 11.4 Å². The third-order valence-electron chi connectivity index (χ3n) is 3.20. The Balaban J connectivity index is 2.17. The maximum absolute atomic E-state index is 8.70. The second-order valence-corrected chi connectivity index (χ2v) is 5.33. The minimum Gasteiger partial charge on any atom is -0.409 e. The minimum absolute atomic E-state index is 0.0169. The molecule has 1 aromatic heterocycles. The van der Waals surface area contributed by atoms with Crippen LogP contribution in [0.5, 0.6) is 0 Å². The Kier molecular flexibility index (Phi) is 4.19. The maximum Gasteiger partial charge on any atom is 0.226 e. The fourth-order valence-corrected chi connectivity index (χ4v) is 1.91. The Morgan fingerprint density at radius 3 is 2.89 bits per heavy atom. The van der Waals surface area contributed by atoms with Gasteiger partial charge in [-0.1, -0.05) is 19.0 Å². The number of nitrogens with zero attached hydrogens (tertiary/aromatic N) is 4. The summed E-state index contributed by atoms with van der Waals surface area (Å²) in [5, 5.41) is 11.7. The summed E-state index contributed by atoms with van der Waals surface area (Å²) >= 11 is 0. The quantitative estimate of drug-likeness (QED) is 0.352. The van der Waals surface area contributed by atoms with Gasteiger partial charge in [0.05, 0.1) is 0 Å². The predicted molar refractivity (Wildman–Crippen MR) is 74.4 cm³/mol. The van der Waals surface area contributed by atoms with Crippen LogP contribution in [-0.2, 0) is 0 Å². The molecule has 104 valence electrons. The maximum atomic E-state index is 8.70. The molecule has 0 radical (unpaired) electrons. The van der Waals surface area contributed by atoms with E-state index in [0.29, 0.717) is 23.6 Å². The molecule has 0 aliphatic heterocycles. The highest BCUT2D eigenvalue weighted by atomic mass is 16.4. The number of aromatic nitrogens is 2. The summed E-state index contributed by atoms with van der Waals surface area (Å²) in [6.45, 7) is 5.36. The van der Waals surface area contributed by atoms with E-state index >= 15 is 0 Å². The first kappa shape index (κ1) is 13.6. The standard InChI is InChI=1S/C13H21N5O/c1-9(2)6-8-18(10-3-4-10)13-15-7-5-11(16-13)12(14)17-19/h5,7,9-10,19H,3-4,6,8H2,1-2H3,(H2,14,17). The second kappa shape index (κ2) is 5.86. The molecule has 0 spiro atoms. The number of nitrogens with two attached hydrogens (primary N) is 1. The summed E-state index contributed by atoms with van der Waals surface area (Å²) in [7, 11) is 0. The summed E-state index contributed by atoms with van der Waals surface area (Å²) in [5.41, 5.74) is 6.03. The highest BCUT2D eigenvalue weighted by Crippen LogP contribution is 2.30. The lowest BCUT2D eigenvalue weighted by atomic mass is 10.1. The first-order valence-corrected chi connectivity index (χ1v) is 6.69. The predicted octanol–water partition coefficient (Wildman–Crippen LogP) is 1.59. The molecule has 0 bridgehead atoms. The number of oxime groups is 1. The molecular formula is C13H21N5O. The van der Waals surface area contributed by atoms with Gasteiger partial charge in [0.25, 0.3) is 0 Å². The molecule has 6 nitrogen and oxygen atoms in total. The molecule has 2 rings (SSSR count). The van der Waals surface area contributed by atoms with Crippen molar-refractivity contribution in [3.63, 3.8) is 0 Å². The van der Waals surface area contributed by atoms with Crippen molar-refractivity contribution in [1.29, 1.82) is 0 Å². The summed E-state index contributed by atoms with van der Waals surface area (Å²) in [5.74, 6) is 1.34. The molecule has 19 heavy (non-hydrogen) atoms. The molecule has 1 heterocycles. The van der Waals surface area contributed by atoms with Gasteiger partial charge in [0.1, 0.15) is 5.69 Å². The fraction of sp³-hybridized carbons (Fsp3) is 0.615. The van der Waals surface area contributed by atoms with Crippen molar-refractivity contribution in [1.82, 2.24) is 9.97 Å². The van der Waals surface area contributed by atoms with Gasteiger partial charge < -0.3 is 15.8 Å². The van der Waals surface area contributed by atoms with Crippen molar-refractivity contribution in [2.45, 2.75) is 39.2 Å². The normalized spacial score (nSPS) is 15.8. The van der Waals surface area contributed by atoms with Crippen LogP contribution in [0.15, 0.2) is 17.4 Å². The molecular weight excluding hydrogens is 242 g/mol. The molecule has 3 N–H and O–H groups in total. The van der Waals surface area contributed by atoms with E-state index < -0.39 is 0 Å². The summed E-state index contributed by atoms with van der Waals surface area (Å²) in [4.78, 5) is 10.9. The van der Waals surface area contributed by atoms with Crippen LogP contribution in [-0.4, -0.2) is 33.6 Å². The minimum atomic E-state index is 0.0169. The second-order valence-electron chi connectivity index (χ2n) is 5.33. The van der Waals surface area contributed by atoms with Gasteiger partial charge in [-0.05, 0) is 31.2 Å². The van der Waals surface area contributed by atoms with Crippen molar-refractivity contribution < 1.29 is 5.21 Å². The van der Waals surface area contributed by atoms with Gasteiger partial charge in [-0.25, -0.2) is 9.97 Å². The molecule has 6 heteroatoms. The molecule has 1 fully saturated rings. The Morgan fingerprint density at radius 1 is 1.58 bits per heavy atom. The largest absolute Gasteiger partial charge is 0.409 e. The first-order valence-electron chi connectivity index (χ1n) is 6.69. The van der Waals surface area contributed by atoms with E-state index in [2.05, 4.69) is 33.9 Å². The lowest BCUT2D eigenvalue weighted by Crippen LogP contribution is -2.30. The zero-order valence-corrected chi connectivity index (χ0v) is 11.5. The van der Waals surface area contributed by atoms with Crippen molar-refractivity contribution in [2.24, 2.45) is 16.8 Å². The zero-order valence-electron chi connectivity index (χ0n) is 11.5. The molecule has 1 aliphatic carbocycles. The van der Waals surface area contributed by atoms with Gasteiger partial charge in [-0.2, -0.15) is 0 Å². The number of anilines is 1. The Labute approximate surface area is 113 Å². The van der Waals surface area contributed by atoms with E-state index in [1.807, 2.05) is 0 Å². The van der Waals surface area contributed by atoms with Crippen molar-refractivity contribution in [3.8, 4) is 0 Å². The van der Waals surface area contributed by atoms with Gasteiger partial charge >= 0.3 is 0 Å². The molecule has 0 saturated heterocycles. The Bertz CT molecular complexity index is 456. The monoisotopic (exact) mass is 263 g/mol. The molecule has 1 saturated carbocycles. The van der Waals surface area contributed by atoms with Crippen LogP contribution in [0, 0.1) is 5.92 Å². The van der Waals surface area contributed by atoms with Crippen LogP contribution in [0.25, 0.3) is 0 Å². The Morgan fingerprint density at radius 2 is 2.32 bits per heavy atom. The molecule has 0 aromatic carbocycles. The fourth-order valence-electron chi connectivity index (χ4n) is 1.91. The van der Waals surface area contributed by atoms with Crippen LogP contribution in [0.1, 0.15) is 38.8 Å². The third kappa shape index (κ3) is 3.56. The lowest BCUT2D eigenvalue weighted by molar-refractivity contribution is 0.318. The summed E-state index contributed by atoms with van der Waals surface area (Å²) < 4.78 is 0. The average Bonchev–Trinajstić information content (AvgIpc) is 3.23. The topological polar surface area (TPSA) is 87.6 Å². The van der Waals surface area contributed by atoms with E-state index in [1.165, 1.54) is 12.8 Å². The number of rotatable bonds is 6. The van der Waals surface area contributed by atoms with E-state index in [0.717, 1.165) is 13.0 Å². The lowest BCUT2D eigenvalue weighted by Gasteiger charge is -2.23. The molecule has 0 atom stereocenters. The van der Waals surface area contributed by atoms with Crippen LogP contribution >= 0.6 is 0 Å². The highest BCUT2D eigenvalue weighted by molar-refractivity contribution is 5.95. The zero-order chi connectivity index (χ0) is 13.8. The van der Waals surface area contributed by atoms with Gasteiger partial charge in [-0.3, -0.25) is 0 Å². The van der Waals surface area contributed by atoms with Crippen molar-refractivity contribution >= 4 is 11.8 Å². The Hall–Kier alpha value is -1.85. The first-order chi connectivity index (χ1) is 9.11. The number of amidine groups is 1. The van der Waals surface area contributed by atoms with E-state index in [9.17, 15) is 0 Å². The van der Waals surface area contributed by atoms with E-state index in [-0.39, 0.29) is 5.84 Å². The van der Waals surface area contributed by atoms with Crippen molar-refractivity contribution in [3.05, 3.63) is 18.0 Å². The van der Waals surface area contributed by atoms with Gasteiger partial charge in [0.2, 0.25) is 5.95 Å². The highest BCUT2D eigenvalue weighted by Gasteiger charge is 2.30. The third-order valence-corrected chi connectivity index (χ3v) is 3.20. The van der Waals surface area contributed by atoms with Gasteiger partial charge in [0, 0.05) is 18.8 Å². The molecule has 1 aromatic rings. The molecule has 0 unspecified atom stereocenters. The summed E-state index contributed by atoms with van der Waals surface area (Å²) in [6, 6.07) is 2.19. The molecule has 1 aliphatic rings.